The first-order valence-corrected chi connectivity index (χ1v) is 42.3. The maximum atomic E-state index is 14.1. The summed E-state index contributed by atoms with van der Waals surface area (Å²) in [5.41, 5.74) is 1.78. The van der Waals surface area contributed by atoms with Crippen molar-refractivity contribution >= 4 is 70.3 Å². The number of anilines is 3. The highest BCUT2D eigenvalue weighted by molar-refractivity contribution is 7.90. The second-order valence-corrected chi connectivity index (χ2v) is 34.6. The molecule has 0 atom stereocenters. The van der Waals surface area contributed by atoms with Crippen LogP contribution in [0.4, 0.5) is 61.0 Å². The molecule has 3 saturated carbocycles. The second kappa shape index (κ2) is 38.6. The van der Waals surface area contributed by atoms with Crippen LogP contribution in [-0.4, -0.2) is 208 Å². The molecule has 3 N–H and O–H groups in total. The molecule has 6 aromatic carbocycles. The van der Waals surface area contributed by atoms with E-state index in [4.69, 9.17) is 51.6 Å². The van der Waals surface area contributed by atoms with E-state index in [1.807, 2.05) is 23.6 Å². The molecule has 3 heterocycles. The minimum Gasteiger partial charge on any atom is -0.495 e. The Morgan fingerprint density at radius 3 is 1.11 bits per heavy atom. The van der Waals surface area contributed by atoms with Crippen molar-refractivity contribution in [2.75, 3.05) is 128 Å². The summed E-state index contributed by atoms with van der Waals surface area (Å²) in [4.78, 5) is 12.8. The van der Waals surface area contributed by atoms with E-state index in [0.29, 0.717) is 131 Å². The van der Waals surface area contributed by atoms with Gasteiger partial charge in [-0.3, -0.25) is 14.7 Å². The zero-order chi connectivity index (χ0) is 80.9. The van der Waals surface area contributed by atoms with Crippen LogP contribution in [-0.2, 0) is 30.1 Å². The summed E-state index contributed by atoms with van der Waals surface area (Å²) < 4.78 is 248. The van der Waals surface area contributed by atoms with Gasteiger partial charge < -0.3 is 43.1 Å². The van der Waals surface area contributed by atoms with Crippen LogP contribution < -0.4 is 57.3 Å². The van der Waals surface area contributed by atoms with Gasteiger partial charge in [0.25, 0.3) is 0 Å². The Morgan fingerprint density at radius 1 is 0.393 bits per heavy atom. The summed E-state index contributed by atoms with van der Waals surface area (Å²) in [6.45, 7) is 9.16. The Hall–Kier alpha value is -6.99. The molecule has 36 heteroatoms. The molecule has 0 radical (unpaired) electrons. The molecule has 3 aliphatic carbocycles. The second-order valence-electron chi connectivity index (χ2n) is 28.6. The van der Waals surface area contributed by atoms with E-state index in [0.717, 1.165) is 94.7 Å². The fourth-order valence-electron chi connectivity index (χ4n) is 15.2. The first-order chi connectivity index (χ1) is 53.1. The number of methoxy groups -OCH3 is 3. The quantitative estimate of drug-likeness (QED) is 0.0481. The van der Waals surface area contributed by atoms with Crippen molar-refractivity contribution in [3.63, 3.8) is 0 Å². The number of halogens is 12. The van der Waals surface area contributed by atoms with E-state index in [-0.39, 0.29) is 74.2 Å². The average molecular weight is 1680 g/mol. The van der Waals surface area contributed by atoms with E-state index < -0.39 is 78.0 Å². The first-order valence-electron chi connectivity index (χ1n) is 37.1. The van der Waals surface area contributed by atoms with Crippen LogP contribution in [0.5, 0.6) is 34.5 Å². The Bertz CT molecular complexity index is 4460. The van der Waals surface area contributed by atoms with Gasteiger partial charge in [-0.1, -0.05) is 23.2 Å². The van der Waals surface area contributed by atoms with Crippen molar-refractivity contribution < 1.29 is 97.6 Å². The minimum atomic E-state index is -4.52. The topological polar surface area (TPSA) is 213 Å². The van der Waals surface area contributed by atoms with Gasteiger partial charge in [-0.2, -0.15) is 26.3 Å². The van der Waals surface area contributed by atoms with Gasteiger partial charge in [0.2, 0.25) is 30.1 Å². The summed E-state index contributed by atoms with van der Waals surface area (Å²) in [5, 5.41) is 0.479. The number of piperazine rings is 3. The normalized spacial score (nSPS) is 21.4. The molecule has 0 unspecified atom stereocenters. The number of rotatable bonds is 24. The van der Waals surface area contributed by atoms with Gasteiger partial charge >= 0.3 is 12.4 Å². The molecule has 6 fully saturated rings. The van der Waals surface area contributed by atoms with Crippen molar-refractivity contribution in [1.29, 1.82) is 0 Å². The molecule has 6 aromatic rings. The van der Waals surface area contributed by atoms with Crippen molar-refractivity contribution in [3.05, 3.63) is 143 Å². The van der Waals surface area contributed by atoms with Crippen LogP contribution in [0, 0.1) is 23.3 Å². The largest absolute Gasteiger partial charge is 0.495 e. The van der Waals surface area contributed by atoms with Crippen LogP contribution in [0.15, 0.2) is 124 Å². The van der Waals surface area contributed by atoms with E-state index in [1.165, 1.54) is 88.1 Å². The number of sulfonamides is 3. The molecule has 21 nitrogen and oxygen atoms in total. The highest BCUT2D eigenvalue weighted by Gasteiger charge is 2.38. The summed E-state index contributed by atoms with van der Waals surface area (Å²) in [5.74, 6) is -1.12. The molecular weight excluding hydrogens is 1590 g/mol. The Balaban J connectivity index is 0.000000179. The molecule has 112 heavy (non-hydrogen) atoms. The van der Waals surface area contributed by atoms with Crippen molar-refractivity contribution in [2.24, 2.45) is 0 Å². The Labute approximate surface area is 658 Å². The highest BCUT2D eigenvalue weighted by atomic mass is 35.5. The van der Waals surface area contributed by atoms with Gasteiger partial charge in [0, 0.05) is 149 Å². The van der Waals surface area contributed by atoms with Gasteiger partial charge in [-0.15, -0.1) is 0 Å². The SMILES string of the molecule is CC(C)Oc1cc(F)ccc1N1CCN(C2CCC(NS(=O)(=O)c3cc(Cl)ccc3F)CC2)CC1.COc1ccc(Cl)cc1S(=O)(=O)NC1CCC(N2CCN(c3ccc(F)cc3OCC(F)(F)F)CC2)CC1.COc1ccc(S(=O)(=O)NC2CCC(N3CCN(c4ccc(F)cc4OCC(F)(F)F)CC3)CC2)cc1OC. The van der Waals surface area contributed by atoms with E-state index in [9.17, 15) is 69.2 Å². The van der Waals surface area contributed by atoms with E-state index in [2.05, 4.69) is 33.8 Å². The predicted octanol–water partition coefficient (Wildman–Crippen LogP) is 13.9. The molecule has 0 amide bonds. The van der Waals surface area contributed by atoms with Crippen LogP contribution in [0.3, 0.4) is 0 Å². The van der Waals surface area contributed by atoms with Gasteiger partial charge in [-0.25, -0.2) is 57.0 Å². The fourth-order valence-corrected chi connectivity index (χ4v) is 19.9. The standard InChI is InChI=1S/C26H33F4N3O5S.C25H30ClF4N3O4S.C25H32ClF2N3O3S/c1-36-23-10-8-21(16-25(23)37-2)39(34,35)31-19-4-6-20(7-5-19)32-11-13-33(14-12-32)22-9-3-18(27)15-24(22)38-17-26(28,29)30;1-36-22-9-2-17(26)14-24(22)38(34,35)31-19-4-6-20(7-5-19)32-10-12-33(13-11-32)21-8-3-18(27)15-23(21)37-16-25(28,29)30;1-17(2)34-24-16-19(27)4-10-23(24)31-13-11-30(12-14-31)21-7-5-20(6-8-21)29-35(32,33)25-15-18(26)3-9-22(25)28/h3,8-10,15-16,19-20,31H,4-7,11-14,17H2,1-2H3;2-3,8-9,14-15,19-20,31H,4-7,10-13,16H2,1H3;3-4,9-10,15-17,20-21,29H,5-8,11-14H2,1-2H3. The monoisotopic (exact) mass is 1680 g/mol. The zero-order valence-electron chi connectivity index (χ0n) is 62.7. The molecule has 0 bridgehead atoms. The molecule has 618 valence electrons. The van der Waals surface area contributed by atoms with Crippen molar-refractivity contribution in [2.45, 2.75) is 160 Å². The summed E-state index contributed by atoms with van der Waals surface area (Å²) in [7, 11) is -7.19. The zero-order valence-corrected chi connectivity index (χ0v) is 66.6. The third-order valence-corrected chi connectivity index (χ3v) is 25.8. The summed E-state index contributed by atoms with van der Waals surface area (Å²) >= 11 is 11.9. The van der Waals surface area contributed by atoms with Crippen LogP contribution in [0.2, 0.25) is 10.0 Å². The van der Waals surface area contributed by atoms with Crippen LogP contribution >= 0.6 is 23.2 Å². The van der Waals surface area contributed by atoms with Crippen molar-refractivity contribution in [1.82, 2.24) is 28.9 Å². The van der Waals surface area contributed by atoms with E-state index >= 15 is 0 Å². The first kappa shape index (κ1) is 87.4. The molecular formula is C76H95Cl2F10N9O12S3. The predicted molar refractivity (Wildman–Crippen MR) is 407 cm³/mol. The number of benzene rings is 6. The molecule has 3 saturated heterocycles. The molecule has 0 aromatic heterocycles. The van der Waals surface area contributed by atoms with E-state index in [1.54, 1.807) is 18.2 Å². The summed E-state index contributed by atoms with van der Waals surface area (Å²) in [6, 6.07) is 24.7. The Kier molecular flexibility index (Phi) is 30.1. The lowest BCUT2D eigenvalue weighted by Gasteiger charge is -2.43. The molecule has 12 rings (SSSR count). The van der Waals surface area contributed by atoms with Gasteiger partial charge in [-0.05, 0) is 176 Å². The van der Waals surface area contributed by atoms with Crippen molar-refractivity contribution in [3.8, 4) is 34.5 Å². The number of hydrogen-bond acceptors (Lipinski definition) is 18. The maximum Gasteiger partial charge on any atom is 0.422 e. The van der Waals surface area contributed by atoms with Gasteiger partial charge in [0.05, 0.1) is 49.4 Å². The lowest BCUT2D eigenvalue weighted by molar-refractivity contribution is -0.154. The van der Waals surface area contributed by atoms with Crippen LogP contribution in [0.25, 0.3) is 0 Å². The number of ether oxygens (including phenoxy) is 6. The third-order valence-electron chi connectivity index (χ3n) is 20.7. The van der Waals surface area contributed by atoms with Gasteiger partial charge in [0.1, 0.15) is 56.1 Å². The fraction of sp³-hybridized carbons (Fsp3) is 0.526. The highest BCUT2D eigenvalue weighted by Crippen LogP contribution is 2.39. The number of alkyl halides is 6. The lowest BCUT2D eigenvalue weighted by Crippen LogP contribution is -2.52. The van der Waals surface area contributed by atoms with Gasteiger partial charge in [0.15, 0.2) is 24.7 Å². The minimum absolute atomic E-state index is 0.00474. The number of hydrogen-bond donors (Lipinski definition) is 3. The third kappa shape index (κ3) is 24.3. The Morgan fingerprint density at radius 2 is 0.732 bits per heavy atom. The molecule has 0 spiro atoms. The summed E-state index contributed by atoms with van der Waals surface area (Å²) in [6.07, 6.45) is -0.0271. The maximum absolute atomic E-state index is 14.1. The molecule has 6 aliphatic rings. The number of nitrogens with zero attached hydrogens (tertiary/aromatic N) is 6. The number of nitrogens with one attached hydrogen (secondary N) is 3. The van der Waals surface area contributed by atoms with Crippen LogP contribution in [0.1, 0.15) is 90.9 Å². The lowest BCUT2D eigenvalue weighted by atomic mass is 9.90. The smallest absolute Gasteiger partial charge is 0.422 e. The molecule has 3 aliphatic heterocycles. The average Bonchev–Trinajstić information content (AvgIpc) is 0.832.